The van der Waals surface area contributed by atoms with Crippen molar-refractivity contribution in [1.82, 2.24) is 10.2 Å². The van der Waals surface area contributed by atoms with E-state index in [1.54, 1.807) is 0 Å². The van der Waals surface area contributed by atoms with Gasteiger partial charge in [0, 0.05) is 19.1 Å². The highest BCUT2D eigenvalue weighted by atomic mass is 15.2. The van der Waals surface area contributed by atoms with Crippen LogP contribution in [0.15, 0.2) is 0 Å². The molecule has 1 N–H and O–H groups in total. The summed E-state index contributed by atoms with van der Waals surface area (Å²) in [5, 5.41) is 3.50. The molecule has 1 saturated heterocycles. The van der Waals surface area contributed by atoms with Gasteiger partial charge < -0.3 is 10.2 Å². The molecule has 1 aliphatic rings. The molecule has 0 aromatic rings. The van der Waals surface area contributed by atoms with Crippen molar-refractivity contribution >= 4 is 0 Å². The monoisotopic (exact) mass is 226 g/mol. The van der Waals surface area contributed by atoms with Gasteiger partial charge in [0.15, 0.2) is 0 Å². The topological polar surface area (TPSA) is 15.3 Å². The zero-order valence-corrected chi connectivity index (χ0v) is 11.7. The summed E-state index contributed by atoms with van der Waals surface area (Å²) in [6.07, 6.45) is 5.26. The molecule has 1 fully saturated rings. The third-order valence-corrected chi connectivity index (χ3v) is 4.05. The van der Waals surface area contributed by atoms with Crippen LogP contribution in [0.1, 0.15) is 53.4 Å². The molecule has 2 atom stereocenters. The summed E-state index contributed by atoms with van der Waals surface area (Å²) in [6.45, 7) is 14.4. The number of unbranched alkanes of at least 4 members (excludes halogenated alkanes) is 1. The minimum Gasteiger partial charge on any atom is -0.316 e. The zero-order valence-electron chi connectivity index (χ0n) is 11.7. The lowest BCUT2D eigenvalue weighted by atomic mass is 9.88. The Morgan fingerprint density at radius 3 is 2.62 bits per heavy atom. The Bertz CT molecular complexity index is 185. The Labute approximate surface area is 102 Å². The molecular weight excluding hydrogens is 196 g/mol. The van der Waals surface area contributed by atoms with Gasteiger partial charge in [-0.15, -0.1) is 0 Å². The van der Waals surface area contributed by atoms with Gasteiger partial charge in [0.2, 0.25) is 0 Å². The van der Waals surface area contributed by atoms with Crippen molar-refractivity contribution in [3.05, 3.63) is 0 Å². The second kappa shape index (κ2) is 6.61. The SMILES string of the molecule is CCCCN(CC1(C)CCNC1)C(C)CC. The third-order valence-electron chi connectivity index (χ3n) is 4.05. The lowest BCUT2D eigenvalue weighted by Crippen LogP contribution is -2.42. The second-order valence-electron chi connectivity index (χ2n) is 5.82. The van der Waals surface area contributed by atoms with E-state index in [1.165, 1.54) is 51.9 Å². The van der Waals surface area contributed by atoms with E-state index in [1.807, 2.05) is 0 Å². The van der Waals surface area contributed by atoms with Gasteiger partial charge in [-0.2, -0.15) is 0 Å². The van der Waals surface area contributed by atoms with Crippen molar-refractivity contribution in [3.8, 4) is 0 Å². The predicted molar refractivity (Wildman–Crippen MR) is 71.8 cm³/mol. The largest absolute Gasteiger partial charge is 0.316 e. The van der Waals surface area contributed by atoms with Crippen LogP contribution in [-0.2, 0) is 0 Å². The second-order valence-corrected chi connectivity index (χ2v) is 5.82. The molecule has 1 heterocycles. The van der Waals surface area contributed by atoms with Crippen molar-refractivity contribution in [1.29, 1.82) is 0 Å². The quantitative estimate of drug-likeness (QED) is 0.718. The van der Waals surface area contributed by atoms with Crippen LogP contribution in [0, 0.1) is 5.41 Å². The minimum absolute atomic E-state index is 0.511. The van der Waals surface area contributed by atoms with E-state index < -0.39 is 0 Å². The molecule has 0 radical (unpaired) electrons. The van der Waals surface area contributed by atoms with Crippen LogP contribution in [0.4, 0.5) is 0 Å². The van der Waals surface area contributed by atoms with E-state index in [4.69, 9.17) is 0 Å². The first-order valence-electron chi connectivity index (χ1n) is 7.06. The van der Waals surface area contributed by atoms with Gasteiger partial charge in [-0.1, -0.05) is 27.2 Å². The van der Waals surface area contributed by atoms with Gasteiger partial charge >= 0.3 is 0 Å². The maximum absolute atomic E-state index is 3.50. The van der Waals surface area contributed by atoms with Crippen molar-refractivity contribution in [2.24, 2.45) is 5.41 Å². The Hall–Kier alpha value is -0.0800. The number of hydrogen-bond acceptors (Lipinski definition) is 2. The molecule has 2 heteroatoms. The fourth-order valence-electron chi connectivity index (χ4n) is 2.57. The first-order chi connectivity index (χ1) is 7.61. The molecule has 1 rings (SSSR count). The van der Waals surface area contributed by atoms with E-state index in [-0.39, 0.29) is 0 Å². The fourth-order valence-corrected chi connectivity index (χ4v) is 2.57. The maximum atomic E-state index is 3.50. The van der Waals surface area contributed by atoms with Crippen LogP contribution >= 0.6 is 0 Å². The van der Waals surface area contributed by atoms with Crippen molar-refractivity contribution in [2.75, 3.05) is 26.2 Å². The van der Waals surface area contributed by atoms with Crippen LogP contribution in [0.25, 0.3) is 0 Å². The standard InChI is InChI=1S/C14H30N2/c1-5-7-10-16(13(3)6-2)12-14(4)8-9-15-11-14/h13,15H,5-12H2,1-4H3. The summed E-state index contributed by atoms with van der Waals surface area (Å²) in [6, 6.07) is 0.740. The van der Waals surface area contributed by atoms with E-state index in [2.05, 4.69) is 37.9 Å². The molecule has 0 aliphatic carbocycles. The maximum Gasteiger partial charge on any atom is 0.00645 e. The van der Waals surface area contributed by atoms with E-state index in [9.17, 15) is 0 Å². The average molecular weight is 226 g/mol. The molecule has 0 saturated carbocycles. The molecule has 16 heavy (non-hydrogen) atoms. The summed E-state index contributed by atoms with van der Waals surface area (Å²) in [7, 11) is 0. The molecule has 2 nitrogen and oxygen atoms in total. The first kappa shape index (κ1) is 14.0. The van der Waals surface area contributed by atoms with Gasteiger partial charge in [0.05, 0.1) is 0 Å². The van der Waals surface area contributed by atoms with Crippen LogP contribution in [0.5, 0.6) is 0 Å². The highest BCUT2D eigenvalue weighted by Crippen LogP contribution is 2.27. The van der Waals surface area contributed by atoms with Crippen LogP contribution in [-0.4, -0.2) is 37.1 Å². The first-order valence-corrected chi connectivity index (χ1v) is 7.06. The van der Waals surface area contributed by atoms with E-state index in [0.29, 0.717) is 5.41 Å². The van der Waals surface area contributed by atoms with Crippen LogP contribution in [0.2, 0.25) is 0 Å². The zero-order chi connectivity index (χ0) is 12.0. The van der Waals surface area contributed by atoms with Gasteiger partial charge in [-0.3, -0.25) is 0 Å². The molecule has 0 aromatic heterocycles. The number of nitrogens with zero attached hydrogens (tertiary/aromatic N) is 1. The summed E-state index contributed by atoms with van der Waals surface area (Å²) in [4.78, 5) is 2.70. The van der Waals surface area contributed by atoms with E-state index >= 15 is 0 Å². The third kappa shape index (κ3) is 4.06. The van der Waals surface area contributed by atoms with Crippen molar-refractivity contribution < 1.29 is 0 Å². The lowest BCUT2D eigenvalue weighted by molar-refractivity contribution is 0.132. The van der Waals surface area contributed by atoms with Gasteiger partial charge in [-0.25, -0.2) is 0 Å². The Morgan fingerprint density at radius 2 is 2.12 bits per heavy atom. The van der Waals surface area contributed by atoms with Gasteiger partial charge in [0.25, 0.3) is 0 Å². The normalized spacial score (nSPS) is 27.6. The molecule has 1 aliphatic heterocycles. The lowest BCUT2D eigenvalue weighted by Gasteiger charge is -2.35. The molecular formula is C14H30N2. The van der Waals surface area contributed by atoms with Gasteiger partial charge in [-0.05, 0) is 44.7 Å². The van der Waals surface area contributed by atoms with Gasteiger partial charge in [0.1, 0.15) is 0 Å². The Balaban J connectivity index is 2.47. The number of rotatable bonds is 7. The predicted octanol–water partition coefficient (Wildman–Crippen LogP) is 2.89. The number of nitrogens with one attached hydrogen (secondary N) is 1. The molecule has 2 unspecified atom stereocenters. The molecule has 0 amide bonds. The van der Waals surface area contributed by atoms with Crippen LogP contribution in [0.3, 0.4) is 0 Å². The Morgan fingerprint density at radius 1 is 1.38 bits per heavy atom. The fraction of sp³-hybridized carbons (Fsp3) is 1.00. The summed E-state index contributed by atoms with van der Waals surface area (Å²) in [5.41, 5.74) is 0.511. The summed E-state index contributed by atoms with van der Waals surface area (Å²) >= 11 is 0. The Kier molecular flexibility index (Phi) is 5.77. The van der Waals surface area contributed by atoms with Crippen molar-refractivity contribution in [2.45, 2.75) is 59.4 Å². The highest BCUT2D eigenvalue weighted by molar-refractivity contribution is 4.87. The minimum atomic E-state index is 0.511. The molecule has 96 valence electrons. The van der Waals surface area contributed by atoms with Crippen molar-refractivity contribution in [3.63, 3.8) is 0 Å². The molecule has 0 aromatic carbocycles. The molecule has 0 spiro atoms. The summed E-state index contributed by atoms with van der Waals surface area (Å²) in [5.74, 6) is 0. The average Bonchev–Trinajstić information content (AvgIpc) is 2.70. The number of hydrogen-bond donors (Lipinski definition) is 1. The van der Waals surface area contributed by atoms with Crippen LogP contribution < -0.4 is 5.32 Å². The smallest absolute Gasteiger partial charge is 0.00645 e. The molecule has 0 bridgehead atoms. The van der Waals surface area contributed by atoms with E-state index in [0.717, 1.165) is 6.04 Å². The highest BCUT2D eigenvalue weighted by Gasteiger charge is 2.31. The summed E-state index contributed by atoms with van der Waals surface area (Å²) < 4.78 is 0.